The molecule has 2 saturated carbocycles. The van der Waals surface area contributed by atoms with Crippen LogP contribution in [0.2, 0.25) is 0 Å². The molecule has 2 aliphatic rings. The summed E-state index contributed by atoms with van der Waals surface area (Å²) < 4.78 is 0. The zero-order valence-corrected chi connectivity index (χ0v) is 8.93. The van der Waals surface area contributed by atoms with Crippen molar-refractivity contribution < 1.29 is 0 Å². The third-order valence-electron chi connectivity index (χ3n) is 4.50. The van der Waals surface area contributed by atoms with Crippen molar-refractivity contribution in [2.24, 2.45) is 29.1 Å². The van der Waals surface area contributed by atoms with E-state index in [9.17, 15) is 0 Å². The Morgan fingerprint density at radius 3 is 2.25 bits per heavy atom. The first-order valence-corrected chi connectivity index (χ1v) is 5.59. The molecule has 4 unspecified atom stereocenters. The molecular formula is C12H22. The van der Waals surface area contributed by atoms with Gasteiger partial charge >= 0.3 is 0 Å². The van der Waals surface area contributed by atoms with E-state index < -0.39 is 0 Å². The highest BCUT2D eigenvalue weighted by Crippen LogP contribution is 2.79. The van der Waals surface area contributed by atoms with Gasteiger partial charge in [0.2, 0.25) is 0 Å². The maximum atomic E-state index is 2.47. The molecule has 0 amide bonds. The van der Waals surface area contributed by atoms with Crippen LogP contribution in [-0.4, -0.2) is 0 Å². The molecule has 0 heterocycles. The molecule has 0 aliphatic heterocycles. The lowest BCUT2D eigenvalue weighted by Crippen LogP contribution is -1.90. The maximum absolute atomic E-state index is 2.47. The van der Waals surface area contributed by atoms with Crippen molar-refractivity contribution >= 4 is 0 Å². The van der Waals surface area contributed by atoms with Gasteiger partial charge in [-0.1, -0.05) is 34.1 Å². The van der Waals surface area contributed by atoms with E-state index in [-0.39, 0.29) is 0 Å². The first kappa shape index (κ1) is 8.59. The lowest BCUT2D eigenvalue weighted by Gasteiger charge is -2.02. The van der Waals surface area contributed by atoms with E-state index in [1.54, 1.807) is 0 Å². The monoisotopic (exact) mass is 166 g/mol. The molecule has 0 heteroatoms. The van der Waals surface area contributed by atoms with Gasteiger partial charge in [0.05, 0.1) is 0 Å². The SMILES string of the molecule is CC(C)CCC1C(C)C12CC2C. The molecule has 0 nitrogen and oxygen atoms in total. The van der Waals surface area contributed by atoms with Gasteiger partial charge in [0.1, 0.15) is 0 Å². The largest absolute Gasteiger partial charge is 0.0628 e. The Bertz CT molecular complexity index is 182. The summed E-state index contributed by atoms with van der Waals surface area (Å²) in [7, 11) is 0. The molecule has 0 N–H and O–H groups in total. The van der Waals surface area contributed by atoms with E-state index in [0.29, 0.717) is 0 Å². The molecule has 0 saturated heterocycles. The summed E-state index contributed by atoms with van der Waals surface area (Å²) in [4.78, 5) is 0. The highest BCUT2D eigenvalue weighted by Gasteiger charge is 2.72. The van der Waals surface area contributed by atoms with Crippen LogP contribution in [0.25, 0.3) is 0 Å². The van der Waals surface area contributed by atoms with Crippen molar-refractivity contribution in [3.05, 3.63) is 0 Å². The molecule has 2 aliphatic carbocycles. The average Bonchev–Trinajstić information content (AvgIpc) is 2.76. The fourth-order valence-electron chi connectivity index (χ4n) is 3.41. The fraction of sp³-hybridized carbons (Fsp3) is 1.00. The van der Waals surface area contributed by atoms with E-state index in [1.165, 1.54) is 19.3 Å². The summed E-state index contributed by atoms with van der Waals surface area (Å²) in [6, 6.07) is 0. The third kappa shape index (κ3) is 1.03. The van der Waals surface area contributed by atoms with Crippen molar-refractivity contribution in [1.82, 2.24) is 0 Å². The molecule has 12 heavy (non-hydrogen) atoms. The second-order valence-electron chi connectivity index (χ2n) is 5.58. The van der Waals surface area contributed by atoms with E-state index in [4.69, 9.17) is 0 Å². The van der Waals surface area contributed by atoms with Gasteiger partial charge in [0, 0.05) is 0 Å². The average molecular weight is 166 g/mol. The minimum absolute atomic E-state index is 0.870. The predicted molar refractivity (Wildman–Crippen MR) is 52.9 cm³/mol. The smallest absolute Gasteiger partial charge is 0.0209 e. The molecule has 2 fully saturated rings. The van der Waals surface area contributed by atoms with Gasteiger partial charge in [-0.2, -0.15) is 0 Å². The van der Waals surface area contributed by atoms with Gasteiger partial charge < -0.3 is 0 Å². The molecule has 1 spiro atoms. The van der Waals surface area contributed by atoms with Crippen LogP contribution in [0.3, 0.4) is 0 Å². The minimum atomic E-state index is 0.870. The zero-order valence-electron chi connectivity index (χ0n) is 8.93. The molecule has 0 aromatic carbocycles. The van der Waals surface area contributed by atoms with Gasteiger partial charge in [-0.05, 0) is 41.9 Å². The van der Waals surface area contributed by atoms with Crippen LogP contribution in [-0.2, 0) is 0 Å². The van der Waals surface area contributed by atoms with Crippen LogP contribution in [0.4, 0.5) is 0 Å². The van der Waals surface area contributed by atoms with Gasteiger partial charge in [-0.25, -0.2) is 0 Å². The Balaban J connectivity index is 1.79. The Hall–Kier alpha value is 0. The topological polar surface area (TPSA) is 0 Å². The summed E-state index contributed by atoms with van der Waals surface area (Å²) >= 11 is 0. The molecule has 70 valence electrons. The Morgan fingerprint density at radius 1 is 1.33 bits per heavy atom. The molecule has 2 rings (SSSR count). The second-order valence-corrected chi connectivity index (χ2v) is 5.58. The molecular weight excluding hydrogens is 144 g/mol. The first-order chi connectivity index (χ1) is 5.59. The highest BCUT2D eigenvalue weighted by molar-refractivity contribution is 5.21. The lowest BCUT2D eigenvalue weighted by atomic mass is 10.0. The van der Waals surface area contributed by atoms with Crippen molar-refractivity contribution in [1.29, 1.82) is 0 Å². The Morgan fingerprint density at radius 2 is 1.92 bits per heavy atom. The normalized spacial score (nSPS) is 50.2. The number of rotatable bonds is 3. The van der Waals surface area contributed by atoms with Crippen molar-refractivity contribution in [2.75, 3.05) is 0 Å². The standard InChI is InChI=1S/C12H22/c1-8(2)5-6-11-10(4)12(11)7-9(12)3/h8-11H,5-7H2,1-4H3. The van der Waals surface area contributed by atoms with Crippen LogP contribution in [0.1, 0.15) is 47.0 Å². The summed E-state index contributed by atoms with van der Waals surface area (Å²) in [6.45, 7) is 9.59. The van der Waals surface area contributed by atoms with Gasteiger partial charge in [-0.3, -0.25) is 0 Å². The van der Waals surface area contributed by atoms with E-state index in [2.05, 4.69) is 27.7 Å². The van der Waals surface area contributed by atoms with Crippen LogP contribution in [0, 0.1) is 29.1 Å². The Labute approximate surface area is 76.7 Å². The van der Waals surface area contributed by atoms with Gasteiger partial charge in [-0.15, -0.1) is 0 Å². The van der Waals surface area contributed by atoms with Crippen molar-refractivity contribution in [3.63, 3.8) is 0 Å². The first-order valence-electron chi connectivity index (χ1n) is 5.59. The van der Waals surface area contributed by atoms with Crippen molar-refractivity contribution in [3.8, 4) is 0 Å². The Kier molecular flexibility index (Phi) is 1.79. The van der Waals surface area contributed by atoms with Gasteiger partial charge in [0.25, 0.3) is 0 Å². The van der Waals surface area contributed by atoms with E-state index >= 15 is 0 Å². The van der Waals surface area contributed by atoms with E-state index in [1.807, 2.05) is 0 Å². The van der Waals surface area contributed by atoms with Gasteiger partial charge in [0.15, 0.2) is 0 Å². The quantitative estimate of drug-likeness (QED) is 0.599. The summed E-state index contributed by atoms with van der Waals surface area (Å²) in [6.07, 6.45) is 4.49. The molecule has 4 atom stereocenters. The fourth-order valence-corrected chi connectivity index (χ4v) is 3.41. The molecule has 0 aromatic rings. The maximum Gasteiger partial charge on any atom is -0.0209 e. The number of hydrogen-bond acceptors (Lipinski definition) is 0. The minimum Gasteiger partial charge on any atom is -0.0628 e. The van der Waals surface area contributed by atoms with Crippen LogP contribution >= 0.6 is 0 Å². The summed E-state index contributed by atoms with van der Waals surface area (Å²) in [5.41, 5.74) is 0.870. The molecule has 0 aromatic heterocycles. The van der Waals surface area contributed by atoms with Crippen LogP contribution < -0.4 is 0 Å². The highest BCUT2D eigenvalue weighted by atomic mass is 14.8. The van der Waals surface area contributed by atoms with Crippen LogP contribution in [0.5, 0.6) is 0 Å². The van der Waals surface area contributed by atoms with E-state index in [0.717, 1.165) is 29.1 Å². The molecule has 0 bridgehead atoms. The number of hydrogen-bond donors (Lipinski definition) is 0. The zero-order chi connectivity index (χ0) is 8.93. The predicted octanol–water partition coefficient (Wildman–Crippen LogP) is 3.71. The second kappa shape index (κ2) is 2.49. The lowest BCUT2D eigenvalue weighted by molar-refractivity contribution is 0.496. The third-order valence-corrected chi connectivity index (χ3v) is 4.50. The molecule has 0 radical (unpaired) electrons. The van der Waals surface area contributed by atoms with Crippen LogP contribution in [0.15, 0.2) is 0 Å². The summed E-state index contributed by atoms with van der Waals surface area (Å²) in [5, 5.41) is 0. The van der Waals surface area contributed by atoms with Crippen molar-refractivity contribution in [2.45, 2.75) is 47.0 Å². The summed E-state index contributed by atoms with van der Waals surface area (Å²) in [5.74, 6) is 4.13.